The average Bonchev–Trinajstić information content (AvgIpc) is 2.34. The van der Waals surface area contributed by atoms with Crippen LogP contribution in [0.3, 0.4) is 0 Å². The van der Waals surface area contributed by atoms with Gasteiger partial charge in [-0.2, -0.15) is 5.26 Å². The van der Waals surface area contributed by atoms with Crippen LogP contribution in [0.2, 0.25) is 0 Å². The number of rotatable bonds is 3. The molecule has 0 radical (unpaired) electrons. The Hall–Kier alpha value is -1.72. The van der Waals surface area contributed by atoms with Crippen molar-refractivity contribution in [2.75, 3.05) is 0 Å². The maximum Gasteiger partial charge on any atom is 0.0670 e. The zero-order valence-electron chi connectivity index (χ0n) is 9.68. The van der Waals surface area contributed by atoms with Crippen LogP contribution >= 0.6 is 11.8 Å². The van der Waals surface area contributed by atoms with Crippen molar-refractivity contribution in [3.63, 3.8) is 0 Å². The van der Waals surface area contributed by atoms with Crippen molar-refractivity contribution < 1.29 is 0 Å². The quantitative estimate of drug-likeness (QED) is 0.801. The van der Waals surface area contributed by atoms with Crippen LogP contribution in [0.15, 0.2) is 58.3 Å². The molecule has 0 heterocycles. The van der Waals surface area contributed by atoms with Crippen molar-refractivity contribution in [3.8, 4) is 6.07 Å². The van der Waals surface area contributed by atoms with Gasteiger partial charge in [0.2, 0.25) is 0 Å². The van der Waals surface area contributed by atoms with E-state index in [4.69, 9.17) is 5.26 Å². The number of benzene rings is 2. The van der Waals surface area contributed by atoms with Gasteiger partial charge in [-0.3, -0.25) is 0 Å². The molecule has 0 aliphatic carbocycles. The van der Waals surface area contributed by atoms with Gasteiger partial charge in [0, 0.05) is 9.79 Å². The Morgan fingerprint density at radius 1 is 1.12 bits per heavy atom. The molecule has 2 heteroatoms. The van der Waals surface area contributed by atoms with Gasteiger partial charge in [-0.25, -0.2) is 0 Å². The zero-order chi connectivity index (χ0) is 12.1. The van der Waals surface area contributed by atoms with Crippen molar-refractivity contribution in [3.05, 3.63) is 59.7 Å². The molecule has 0 N–H and O–H groups in total. The number of hydrogen-bond donors (Lipinski definition) is 0. The van der Waals surface area contributed by atoms with Gasteiger partial charge in [-0.1, -0.05) is 47.7 Å². The van der Waals surface area contributed by atoms with Crippen molar-refractivity contribution in [2.24, 2.45) is 0 Å². The molecule has 0 atom stereocenters. The number of aryl methyl sites for hydroxylation is 1. The summed E-state index contributed by atoms with van der Waals surface area (Å²) in [6.07, 6.45) is 0.469. The molecule has 17 heavy (non-hydrogen) atoms. The van der Waals surface area contributed by atoms with E-state index in [1.807, 2.05) is 18.2 Å². The van der Waals surface area contributed by atoms with E-state index >= 15 is 0 Å². The zero-order valence-corrected chi connectivity index (χ0v) is 10.5. The van der Waals surface area contributed by atoms with Gasteiger partial charge in [0.1, 0.15) is 0 Å². The summed E-state index contributed by atoms with van der Waals surface area (Å²) >= 11 is 1.71. The van der Waals surface area contributed by atoms with Crippen LogP contribution in [-0.4, -0.2) is 0 Å². The summed E-state index contributed by atoms with van der Waals surface area (Å²) in [5.74, 6) is 0. The van der Waals surface area contributed by atoms with Crippen LogP contribution in [-0.2, 0) is 6.42 Å². The maximum atomic E-state index is 8.84. The van der Waals surface area contributed by atoms with Gasteiger partial charge in [0.05, 0.1) is 12.5 Å². The smallest absolute Gasteiger partial charge is 0.0670 e. The van der Waals surface area contributed by atoms with Gasteiger partial charge in [-0.15, -0.1) is 0 Å². The Bertz CT molecular complexity index is 541. The molecule has 0 amide bonds. The molecule has 0 unspecified atom stereocenters. The molecule has 0 aromatic heterocycles. The van der Waals surface area contributed by atoms with E-state index in [2.05, 4.69) is 43.3 Å². The number of nitrogens with zero attached hydrogens (tertiary/aromatic N) is 1. The predicted octanol–water partition coefficient (Wildman–Crippen LogP) is 4.21. The van der Waals surface area contributed by atoms with Gasteiger partial charge < -0.3 is 0 Å². The van der Waals surface area contributed by atoms with E-state index in [0.29, 0.717) is 6.42 Å². The lowest BCUT2D eigenvalue weighted by Gasteiger charge is -2.07. The first kappa shape index (κ1) is 11.8. The van der Waals surface area contributed by atoms with E-state index in [1.54, 1.807) is 11.8 Å². The van der Waals surface area contributed by atoms with Crippen LogP contribution < -0.4 is 0 Å². The Morgan fingerprint density at radius 2 is 1.88 bits per heavy atom. The van der Waals surface area contributed by atoms with Crippen molar-refractivity contribution in [2.45, 2.75) is 23.1 Å². The second-order valence-electron chi connectivity index (χ2n) is 3.86. The van der Waals surface area contributed by atoms with E-state index in [1.165, 1.54) is 15.4 Å². The summed E-state index contributed by atoms with van der Waals surface area (Å²) in [7, 11) is 0. The maximum absolute atomic E-state index is 8.84. The first-order chi connectivity index (χ1) is 8.29. The second-order valence-corrected chi connectivity index (χ2v) is 4.98. The molecule has 0 spiro atoms. The fourth-order valence-corrected chi connectivity index (χ4v) is 2.59. The topological polar surface area (TPSA) is 23.8 Å². The van der Waals surface area contributed by atoms with Gasteiger partial charge in [0.25, 0.3) is 0 Å². The summed E-state index contributed by atoms with van der Waals surface area (Å²) < 4.78 is 0. The predicted molar refractivity (Wildman–Crippen MR) is 71.1 cm³/mol. The highest BCUT2D eigenvalue weighted by molar-refractivity contribution is 7.99. The lowest BCUT2D eigenvalue weighted by molar-refractivity contribution is 1.16. The molecule has 0 fully saturated rings. The Morgan fingerprint density at radius 3 is 2.59 bits per heavy atom. The molecule has 84 valence electrons. The highest BCUT2D eigenvalue weighted by Crippen LogP contribution is 2.30. The van der Waals surface area contributed by atoms with Gasteiger partial charge >= 0.3 is 0 Å². The summed E-state index contributed by atoms with van der Waals surface area (Å²) in [4.78, 5) is 2.37. The normalized spacial score (nSPS) is 9.88. The SMILES string of the molecule is Cc1ccc(Sc2ccccc2)c(CC#N)c1. The van der Waals surface area contributed by atoms with Crippen LogP contribution in [0.4, 0.5) is 0 Å². The Balaban J connectivity index is 2.30. The Kier molecular flexibility index (Phi) is 3.85. The van der Waals surface area contributed by atoms with E-state index in [-0.39, 0.29) is 0 Å². The molecule has 2 aromatic rings. The monoisotopic (exact) mass is 239 g/mol. The molecule has 2 rings (SSSR count). The number of hydrogen-bond acceptors (Lipinski definition) is 2. The van der Waals surface area contributed by atoms with E-state index in [9.17, 15) is 0 Å². The molecule has 0 bridgehead atoms. The lowest BCUT2D eigenvalue weighted by Crippen LogP contribution is -1.87. The third-order valence-electron chi connectivity index (χ3n) is 2.46. The first-order valence-corrected chi connectivity index (χ1v) is 6.30. The largest absolute Gasteiger partial charge is 0.198 e. The van der Waals surface area contributed by atoms with E-state index < -0.39 is 0 Å². The molecule has 0 saturated heterocycles. The minimum Gasteiger partial charge on any atom is -0.198 e. The van der Waals surface area contributed by atoms with Crippen LogP contribution in [0.5, 0.6) is 0 Å². The highest BCUT2D eigenvalue weighted by atomic mass is 32.2. The standard InChI is InChI=1S/C15H13NS/c1-12-7-8-15(13(11-12)9-10-16)17-14-5-3-2-4-6-14/h2-8,11H,9H2,1H3. The molecular weight excluding hydrogens is 226 g/mol. The minimum absolute atomic E-state index is 0.469. The molecule has 0 aliphatic rings. The second kappa shape index (κ2) is 5.56. The minimum atomic E-state index is 0.469. The van der Waals surface area contributed by atoms with E-state index in [0.717, 1.165) is 5.56 Å². The lowest BCUT2D eigenvalue weighted by atomic mass is 10.1. The summed E-state index contributed by atoms with van der Waals surface area (Å²) in [5.41, 5.74) is 2.31. The molecule has 1 nitrogen and oxygen atoms in total. The first-order valence-electron chi connectivity index (χ1n) is 5.49. The third-order valence-corrected chi connectivity index (χ3v) is 3.58. The van der Waals surface area contributed by atoms with Crippen LogP contribution in [0.25, 0.3) is 0 Å². The average molecular weight is 239 g/mol. The van der Waals surface area contributed by atoms with Crippen molar-refractivity contribution in [1.82, 2.24) is 0 Å². The molecule has 0 aliphatic heterocycles. The fraction of sp³-hybridized carbons (Fsp3) is 0.133. The van der Waals surface area contributed by atoms with Crippen molar-refractivity contribution >= 4 is 11.8 Å². The fourth-order valence-electron chi connectivity index (χ4n) is 1.65. The molecule has 0 saturated carbocycles. The third kappa shape index (κ3) is 3.12. The molecule has 2 aromatic carbocycles. The van der Waals surface area contributed by atoms with Crippen LogP contribution in [0, 0.1) is 18.3 Å². The van der Waals surface area contributed by atoms with Gasteiger partial charge in [0.15, 0.2) is 0 Å². The van der Waals surface area contributed by atoms with Crippen molar-refractivity contribution in [1.29, 1.82) is 5.26 Å². The summed E-state index contributed by atoms with van der Waals surface area (Å²) in [6.45, 7) is 2.05. The van der Waals surface area contributed by atoms with Gasteiger partial charge in [-0.05, 0) is 30.7 Å². The summed E-state index contributed by atoms with van der Waals surface area (Å²) in [5, 5.41) is 8.84. The van der Waals surface area contributed by atoms with Crippen LogP contribution in [0.1, 0.15) is 11.1 Å². The summed E-state index contributed by atoms with van der Waals surface area (Å²) in [6, 6.07) is 18.7. The Labute approximate surface area is 106 Å². The number of nitriles is 1. The highest BCUT2D eigenvalue weighted by Gasteiger charge is 2.04. The molecular formula is C15H13NS.